The molecule has 1 atom stereocenters. The van der Waals surface area contributed by atoms with Gasteiger partial charge in [-0.15, -0.1) is 0 Å². The summed E-state index contributed by atoms with van der Waals surface area (Å²) in [6, 6.07) is 18.0. The number of amides is 1. The van der Waals surface area contributed by atoms with E-state index in [1.807, 2.05) is 35.2 Å². The number of carbonyl (C=O) groups excluding carboxylic acids is 1. The van der Waals surface area contributed by atoms with Crippen molar-refractivity contribution in [3.05, 3.63) is 71.5 Å². The van der Waals surface area contributed by atoms with Crippen LogP contribution in [0.3, 0.4) is 0 Å². The lowest BCUT2D eigenvalue weighted by molar-refractivity contribution is -0.135. The molecule has 3 aromatic rings. The highest BCUT2D eigenvalue weighted by molar-refractivity contribution is 7.09. The molecule has 0 radical (unpaired) electrons. The zero-order chi connectivity index (χ0) is 20.9. The Morgan fingerprint density at radius 3 is 2.63 bits per heavy atom. The molecule has 6 nitrogen and oxygen atoms in total. The fourth-order valence-electron chi connectivity index (χ4n) is 3.58. The summed E-state index contributed by atoms with van der Waals surface area (Å²) in [7, 11) is 0. The lowest BCUT2D eigenvalue weighted by atomic mass is 10.1. The molecule has 1 saturated heterocycles. The second-order valence-corrected chi connectivity index (χ2v) is 8.37. The predicted octanol–water partition coefficient (Wildman–Crippen LogP) is 3.55. The average molecular weight is 423 g/mol. The van der Waals surface area contributed by atoms with Gasteiger partial charge in [0, 0.05) is 43.6 Å². The Labute approximate surface area is 181 Å². The third-order valence-electron chi connectivity index (χ3n) is 5.26. The molecule has 1 fully saturated rings. The van der Waals surface area contributed by atoms with Crippen molar-refractivity contribution in [2.45, 2.75) is 26.3 Å². The highest BCUT2D eigenvalue weighted by Gasteiger charge is 2.29. The number of aromatic nitrogens is 2. The van der Waals surface area contributed by atoms with Crippen LogP contribution in [-0.2, 0) is 11.2 Å². The first kappa shape index (κ1) is 20.3. The van der Waals surface area contributed by atoms with Crippen LogP contribution < -0.4 is 9.64 Å². The molecule has 1 amide bonds. The molecule has 0 spiro atoms. The molecule has 30 heavy (non-hydrogen) atoms. The van der Waals surface area contributed by atoms with E-state index in [2.05, 4.69) is 47.4 Å². The number of ether oxygens (including phenoxy) is 1. The lowest BCUT2D eigenvalue weighted by Crippen LogP contribution is -2.55. The van der Waals surface area contributed by atoms with E-state index in [1.54, 1.807) is 0 Å². The summed E-state index contributed by atoms with van der Waals surface area (Å²) in [5, 5.41) is 0.927. The molecule has 0 aliphatic carbocycles. The van der Waals surface area contributed by atoms with Crippen molar-refractivity contribution in [2.75, 3.05) is 31.1 Å². The van der Waals surface area contributed by atoms with Crippen LogP contribution in [0.2, 0.25) is 0 Å². The van der Waals surface area contributed by atoms with Crippen LogP contribution in [0.25, 0.3) is 0 Å². The zero-order valence-corrected chi connectivity index (χ0v) is 18.1. The van der Waals surface area contributed by atoms with Crippen molar-refractivity contribution < 1.29 is 9.53 Å². The van der Waals surface area contributed by atoms with Gasteiger partial charge in [0.25, 0.3) is 5.91 Å². The standard InChI is InChI=1S/C23H26N4O2S/c1-17-8-10-19(11-9-17)14-21-24-23(30-25-21)26-12-13-27(18(2)15-26)22(28)16-29-20-6-4-3-5-7-20/h3-11,18H,12-16H2,1-2H3. The van der Waals surface area contributed by atoms with Gasteiger partial charge < -0.3 is 14.5 Å². The van der Waals surface area contributed by atoms with Crippen molar-refractivity contribution in [3.63, 3.8) is 0 Å². The summed E-state index contributed by atoms with van der Waals surface area (Å²) in [6.45, 7) is 6.37. The van der Waals surface area contributed by atoms with Gasteiger partial charge in [0.15, 0.2) is 6.61 Å². The molecule has 1 aromatic heterocycles. The minimum absolute atomic E-state index is 0.0170. The maximum Gasteiger partial charge on any atom is 0.260 e. The first-order valence-electron chi connectivity index (χ1n) is 10.2. The Kier molecular flexibility index (Phi) is 6.28. The Morgan fingerprint density at radius 1 is 1.13 bits per heavy atom. The van der Waals surface area contributed by atoms with Gasteiger partial charge in [-0.05, 0) is 31.5 Å². The zero-order valence-electron chi connectivity index (χ0n) is 17.3. The predicted molar refractivity (Wildman–Crippen MR) is 119 cm³/mol. The molecule has 0 bridgehead atoms. The third-order valence-corrected chi connectivity index (χ3v) is 6.08. The molecule has 0 N–H and O–H groups in total. The number of benzene rings is 2. The summed E-state index contributed by atoms with van der Waals surface area (Å²) in [5.41, 5.74) is 2.47. The minimum Gasteiger partial charge on any atom is -0.484 e. The number of nitrogens with zero attached hydrogens (tertiary/aromatic N) is 4. The number of piperazine rings is 1. The maximum atomic E-state index is 12.6. The molecule has 1 unspecified atom stereocenters. The van der Waals surface area contributed by atoms with E-state index in [4.69, 9.17) is 9.72 Å². The van der Waals surface area contributed by atoms with E-state index in [-0.39, 0.29) is 18.6 Å². The highest BCUT2D eigenvalue weighted by Crippen LogP contribution is 2.23. The van der Waals surface area contributed by atoms with Crippen molar-refractivity contribution in [1.82, 2.24) is 14.3 Å². The summed E-state index contributed by atoms with van der Waals surface area (Å²) in [5.74, 6) is 1.58. The van der Waals surface area contributed by atoms with Gasteiger partial charge in [-0.1, -0.05) is 48.0 Å². The van der Waals surface area contributed by atoms with E-state index in [0.717, 1.165) is 30.5 Å². The average Bonchev–Trinajstić information content (AvgIpc) is 3.23. The summed E-state index contributed by atoms with van der Waals surface area (Å²) in [4.78, 5) is 21.5. The van der Waals surface area contributed by atoms with Crippen molar-refractivity contribution in [2.24, 2.45) is 0 Å². The van der Waals surface area contributed by atoms with E-state index in [9.17, 15) is 4.79 Å². The highest BCUT2D eigenvalue weighted by atomic mass is 32.1. The second-order valence-electron chi connectivity index (χ2n) is 7.64. The number of hydrogen-bond donors (Lipinski definition) is 0. The molecule has 2 aromatic carbocycles. The molecule has 7 heteroatoms. The van der Waals surface area contributed by atoms with E-state index in [0.29, 0.717) is 12.3 Å². The minimum atomic E-state index is 0.0170. The monoisotopic (exact) mass is 422 g/mol. The Hall–Kier alpha value is -2.93. The fourth-order valence-corrected chi connectivity index (χ4v) is 4.30. The molecule has 4 rings (SSSR count). The van der Waals surface area contributed by atoms with Crippen LogP contribution in [-0.4, -0.2) is 52.4 Å². The largest absolute Gasteiger partial charge is 0.484 e. The molecule has 0 saturated carbocycles. The normalized spacial score (nSPS) is 16.5. The van der Waals surface area contributed by atoms with Gasteiger partial charge in [0.05, 0.1) is 0 Å². The van der Waals surface area contributed by atoms with Crippen LogP contribution in [0.1, 0.15) is 23.9 Å². The van der Waals surface area contributed by atoms with E-state index < -0.39 is 0 Å². The van der Waals surface area contributed by atoms with Gasteiger partial charge >= 0.3 is 0 Å². The lowest BCUT2D eigenvalue weighted by Gasteiger charge is -2.39. The molecule has 1 aliphatic rings. The van der Waals surface area contributed by atoms with Gasteiger partial charge in [-0.2, -0.15) is 4.37 Å². The summed E-state index contributed by atoms with van der Waals surface area (Å²) < 4.78 is 10.2. The quantitative estimate of drug-likeness (QED) is 0.608. The number of rotatable bonds is 6. The van der Waals surface area contributed by atoms with Gasteiger partial charge in [-0.3, -0.25) is 4.79 Å². The number of anilines is 1. The summed E-state index contributed by atoms with van der Waals surface area (Å²) in [6.07, 6.45) is 0.738. The molecule has 2 heterocycles. The number of aryl methyl sites for hydroxylation is 1. The van der Waals surface area contributed by atoms with Crippen molar-refractivity contribution in [3.8, 4) is 5.75 Å². The molecular formula is C23H26N4O2S. The number of para-hydroxylation sites is 1. The van der Waals surface area contributed by atoms with Crippen LogP contribution in [0.5, 0.6) is 5.75 Å². The fraction of sp³-hybridized carbons (Fsp3) is 0.348. The van der Waals surface area contributed by atoms with Crippen LogP contribution in [0, 0.1) is 6.92 Å². The first-order valence-corrected chi connectivity index (χ1v) is 11.0. The van der Waals surface area contributed by atoms with Crippen molar-refractivity contribution >= 4 is 22.6 Å². The van der Waals surface area contributed by atoms with E-state index in [1.165, 1.54) is 22.7 Å². The van der Waals surface area contributed by atoms with Gasteiger partial charge in [0.1, 0.15) is 11.6 Å². The van der Waals surface area contributed by atoms with Crippen LogP contribution >= 0.6 is 11.5 Å². The maximum absolute atomic E-state index is 12.6. The summed E-state index contributed by atoms with van der Waals surface area (Å²) >= 11 is 1.43. The van der Waals surface area contributed by atoms with Gasteiger partial charge in [-0.25, -0.2) is 4.98 Å². The van der Waals surface area contributed by atoms with Crippen LogP contribution in [0.15, 0.2) is 54.6 Å². The smallest absolute Gasteiger partial charge is 0.260 e. The first-order chi connectivity index (χ1) is 14.6. The van der Waals surface area contributed by atoms with E-state index >= 15 is 0 Å². The van der Waals surface area contributed by atoms with Crippen LogP contribution in [0.4, 0.5) is 5.13 Å². The molecule has 156 valence electrons. The Balaban J connectivity index is 1.31. The number of carbonyl (C=O) groups is 1. The SMILES string of the molecule is Cc1ccc(Cc2nsc(N3CCN(C(=O)COc4ccccc4)C(C)C3)n2)cc1. The molecular weight excluding hydrogens is 396 g/mol. The molecule has 1 aliphatic heterocycles. The second kappa shape index (κ2) is 9.26. The van der Waals surface area contributed by atoms with Crippen molar-refractivity contribution in [1.29, 1.82) is 0 Å². The Morgan fingerprint density at radius 2 is 1.90 bits per heavy atom. The topological polar surface area (TPSA) is 58.6 Å². The number of hydrogen-bond acceptors (Lipinski definition) is 6. The van der Waals surface area contributed by atoms with Gasteiger partial charge in [0.2, 0.25) is 5.13 Å². The third kappa shape index (κ3) is 4.97. The Bertz CT molecular complexity index is 974.